The summed E-state index contributed by atoms with van der Waals surface area (Å²) < 4.78 is 10.6. The molecule has 1 aliphatic heterocycles. The monoisotopic (exact) mass is 536 g/mol. The quantitative estimate of drug-likeness (QED) is 0.483. The lowest BCUT2D eigenvalue weighted by molar-refractivity contribution is -0.147. The summed E-state index contributed by atoms with van der Waals surface area (Å²) in [5.41, 5.74) is 9.68. The molecule has 212 valence electrons. The third kappa shape index (κ3) is 8.03. The Morgan fingerprint density at radius 2 is 1.72 bits per heavy atom. The fourth-order valence-corrected chi connectivity index (χ4v) is 5.84. The second-order valence-corrected chi connectivity index (χ2v) is 11.1. The summed E-state index contributed by atoms with van der Waals surface area (Å²) >= 11 is 0. The molecule has 8 nitrogen and oxygen atoms in total. The number of methoxy groups -OCH3 is 2. The molecule has 0 aromatic heterocycles. The molecule has 0 spiro atoms. The van der Waals surface area contributed by atoms with E-state index >= 15 is 0 Å². The van der Waals surface area contributed by atoms with Crippen LogP contribution in [0.5, 0.6) is 5.75 Å². The fourth-order valence-electron chi connectivity index (χ4n) is 5.84. The van der Waals surface area contributed by atoms with Gasteiger partial charge < -0.3 is 25.4 Å². The standard InChI is InChI=1S/C31H44N4O4/c1-22-7-9-23(10-8-22)19-34(20-24-5-4-6-28(17-24)39-3)27-15-16-35(30(36)21-38-2)29(18-27)31(37)33-26-13-11-25(32)12-14-26/h4-10,17,25-27,29H,11-16,18-21,32H2,1-3H3,(H,33,37)/t25?,26?,27?,29-/m1/s1. The zero-order valence-electron chi connectivity index (χ0n) is 23.6. The smallest absolute Gasteiger partial charge is 0.249 e. The second-order valence-electron chi connectivity index (χ2n) is 11.1. The molecule has 2 atom stereocenters. The van der Waals surface area contributed by atoms with Gasteiger partial charge in [0.05, 0.1) is 7.11 Å². The lowest BCUT2D eigenvalue weighted by atomic mass is 9.90. The van der Waals surface area contributed by atoms with Crippen molar-refractivity contribution in [3.8, 4) is 5.75 Å². The minimum absolute atomic E-state index is 0.0242. The molecule has 3 N–H and O–H groups in total. The molecule has 4 rings (SSSR count). The van der Waals surface area contributed by atoms with Crippen molar-refractivity contribution in [1.29, 1.82) is 0 Å². The maximum absolute atomic E-state index is 13.7. The number of nitrogens with one attached hydrogen (secondary N) is 1. The Morgan fingerprint density at radius 1 is 1.00 bits per heavy atom. The van der Waals surface area contributed by atoms with E-state index in [-0.39, 0.29) is 36.5 Å². The van der Waals surface area contributed by atoms with Crippen LogP contribution in [0.25, 0.3) is 0 Å². The van der Waals surface area contributed by atoms with Gasteiger partial charge in [-0.15, -0.1) is 0 Å². The van der Waals surface area contributed by atoms with Crippen molar-refractivity contribution < 1.29 is 19.1 Å². The maximum atomic E-state index is 13.7. The molecule has 1 heterocycles. The highest BCUT2D eigenvalue weighted by atomic mass is 16.5. The van der Waals surface area contributed by atoms with Gasteiger partial charge >= 0.3 is 0 Å². The first kappa shape index (κ1) is 29.1. The van der Waals surface area contributed by atoms with E-state index in [4.69, 9.17) is 15.2 Å². The van der Waals surface area contributed by atoms with Crippen LogP contribution >= 0.6 is 0 Å². The normalized spacial score (nSPS) is 23.5. The Labute approximate surface area is 232 Å². The number of benzene rings is 2. The molecule has 8 heteroatoms. The number of nitrogens with zero attached hydrogens (tertiary/aromatic N) is 2. The number of likely N-dealkylation sites (tertiary alicyclic amines) is 1. The zero-order chi connectivity index (χ0) is 27.8. The highest BCUT2D eigenvalue weighted by Gasteiger charge is 2.39. The summed E-state index contributed by atoms with van der Waals surface area (Å²) in [6.45, 7) is 4.06. The number of carbonyl (C=O) groups excluding carboxylic acids is 2. The Balaban J connectivity index is 1.55. The van der Waals surface area contributed by atoms with E-state index in [1.54, 1.807) is 12.0 Å². The predicted octanol–water partition coefficient (Wildman–Crippen LogP) is 3.40. The number of amides is 2. The average Bonchev–Trinajstić information content (AvgIpc) is 2.95. The number of carbonyl (C=O) groups is 2. The van der Waals surface area contributed by atoms with Crippen LogP contribution in [0.1, 0.15) is 55.2 Å². The Morgan fingerprint density at radius 3 is 2.41 bits per heavy atom. The number of rotatable bonds is 10. The molecule has 0 radical (unpaired) electrons. The van der Waals surface area contributed by atoms with Crippen molar-refractivity contribution in [3.63, 3.8) is 0 Å². The van der Waals surface area contributed by atoms with Crippen LogP contribution in [0.3, 0.4) is 0 Å². The summed E-state index contributed by atoms with van der Waals surface area (Å²) in [6, 6.07) is 16.7. The molecule has 2 amide bonds. The number of piperidine rings is 1. The third-order valence-electron chi connectivity index (χ3n) is 8.13. The van der Waals surface area contributed by atoms with Gasteiger partial charge in [-0.2, -0.15) is 0 Å². The van der Waals surface area contributed by atoms with Gasteiger partial charge in [0.1, 0.15) is 18.4 Å². The maximum Gasteiger partial charge on any atom is 0.249 e. The van der Waals surface area contributed by atoms with Gasteiger partial charge in [-0.1, -0.05) is 42.0 Å². The van der Waals surface area contributed by atoms with E-state index in [0.29, 0.717) is 13.0 Å². The van der Waals surface area contributed by atoms with Gasteiger partial charge in [-0.05, 0) is 68.7 Å². The van der Waals surface area contributed by atoms with Crippen molar-refractivity contribution in [2.75, 3.05) is 27.4 Å². The predicted molar refractivity (Wildman–Crippen MR) is 152 cm³/mol. The van der Waals surface area contributed by atoms with E-state index in [9.17, 15) is 9.59 Å². The first-order valence-corrected chi connectivity index (χ1v) is 14.1. The Kier molecular flexibility index (Phi) is 10.4. The lowest BCUT2D eigenvalue weighted by Crippen LogP contribution is -2.59. The van der Waals surface area contributed by atoms with Crippen LogP contribution in [0.4, 0.5) is 0 Å². The molecular weight excluding hydrogens is 492 g/mol. The molecule has 1 unspecified atom stereocenters. The van der Waals surface area contributed by atoms with Crippen LogP contribution in [0.15, 0.2) is 48.5 Å². The van der Waals surface area contributed by atoms with Gasteiger partial charge in [0.15, 0.2) is 0 Å². The van der Waals surface area contributed by atoms with E-state index in [1.165, 1.54) is 18.2 Å². The van der Waals surface area contributed by atoms with Crippen molar-refractivity contribution in [2.24, 2.45) is 5.73 Å². The SMILES string of the molecule is COCC(=O)N1CCC(N(Cc2ccc(C)cc2)Cc2cccc(OC)c2)C[C@@H]1C(=O)NC1CCC(N)CC1. The van der Waals surface area contributed by atoms with Crippen molar-refractivity contribution >= 4 is 11.8 Å². The van der Waals surface area contributed by atoms with E-state index < -0.39 is 6.04 Å². The van der Waals surface area contributed by atoms with E-state index in [1.807, 2.05) is 12.1 Å². The van der Waals surface area contributed by atoms with Crippen LogP contribution in [0, 0.1) is 6.92 Å². The highest BCUT2D eigenvalue weighted by Crippen LogP contribution is 2.27. The molecule has 0 bridgehead atoms. The van der Waals surface area contributed by atoms with E-state index in [0.717, 1.165) is 56.5 Å². The summed E-state index contributed by atoms with van der Waals surface area (Å²) in [6.07, 6.45) is 4.94. The molecule has 2 aromatic carbocycles. The highest BCUT2D eigenvalue weighted by molar-refractivity contribution is 5.88. The van der Waals surface area contributed by atoms with Crippen molar-refractivity contribution in [3.05, 3.63) is 65.2 Å². The molecule has 2 aromatic rings. The molecule has 2 aliphatic rings. The number of ether oxygens (including phenoxy) is 2. The van der Waals surface area contributed by atoms with Gasteiger partial charge in [-0.25, -0.2) is 0 Å². The zero-order valence-corrected chi connectivity index (χ0v) is 23.6. The largest absolute Gasteiger partial charge is 0.497 e. The molecule has 39 heavy (non-hydrogen) atoms. The number of nitrogens with two attached hydrogens (primary N) is 1. The van der Waals surface area contributed by atoms with Gasteiger partial charge in [0, 0.05) is 44.9 Å². The minimum Gasteiger partial charge on any atom is -0.497 e. The molecular formula is C31H44N4O4. The number of hydrogen-bond donors (Lipinski definition) is 2. The van der Waals surface area contributed by atoms with Crippen LogP contribution in [-0.2, 0) is 27.4 Å². The fraction of sp³-hybridized carbons (Fsp3) is 0.548. The topological polar surface area (TPSA) is 97.1 Å². The van der Waals surface area contributed by atoms with Crippen LogP contribution in [-0.4, -0.2) is 73.2 Å². The third-order valence-corrected chi connectivity index (χ3v) is 8.13. The molecule has 1 saturated heterocycles. The summed E-state index contributed by atoms with van der Waals surface area (Å²) in [4.78, 5) is 30.8. The summed E-state index contributed by atoms with van der Waals surface area (Å²) in [7, 11) is 3.20. The summed E-state index contributed by atoms with van der Waals surface area (Å²) in [5.74, 6) is 0.619. The molecule has 1 aliphatic carbocycles. The average molecular weight is 537 g/mol. The Bertz CT molecular complexity index is 1080. The molecule has 2 fully saturated rings. The lowest BCUT2D eigenvalue weighted by Gasteiger charge is -2.43. The van der Waals surface area contributed by atoms with Gasteiger partial charge in [0.2, 0.25) is 11.8 Å². The van der Waals surface area contributed by atoms with Crippen LogP contribution < -0.4 is 15.8 Å². The van der Waals surface area contributed by atoms with Crippen LogP contribution in [0.2, 0.25) is 0 Å². The van der Waals surface area contributed by atoms with E-state index in [2.05, 4.69) is 53.5 Å². The van der Waals surface area contributed by atoms with Crippen molar-refractivity contribution in [2.45, 2.75) is 82.7 Å². The first-order chi connectivity index (χ1) is 18.9. The molecule has 1 saturated carbocycles. The number of aryl methyl sites for hydroxylation is 1. The number of hydrogen-bond acceptors (Lipinski definition) is 6. The van der Waals surface area contributed by atoms with Gasteiger partial charge in [-0.3, -0.25) is 14.5 Å². The second kappa shape index (κ2) is 13.9. The Hall–Kier alpha value is -2.94. The summed E-state index contributed by atoms with van der Waals surface area (Å²) in [5, 5.41) is 3.25. The first-order valence-electron chi connectivity index (χ1n) is 14.1. The minimum atomic E-state index is -0.534. The van der Waals surface area contributed by atoms with Gasteiger partial charge in [0.25, 0.3) is 0 Å². The van der Waals surface area contributed by atoms with Crippen molar-refractivity contribution in [1.82, 2.24) is 15.1 Å².